The SMILES string of the molecule is O=c1c(O)cc(-c2ccccc2Cl)cn1Cc1ccccc1Cl. The van der Waals surface area contributed by atoms with Crippen LogP contribution >= 0.6 is 23.2 Å². The molecule has 0 aliphatic heterocycles. The fourth-order valence-electron chi connectivity index (χ4n) is 2.39. The van der Waals surface area contributed by atoms with Crippen molar-refractivity contribution >= 4 is 23.2 Å². The highest BCUT2D eigenvalue weighted by Gasteiger charge is 2.11. The molecule has 0 aliphatic carbocycles. The van der Waals surface area contributed by atoms with Crippen molar-refractivity contribution in [1.29, 1.82) is 0 Å². The minimum absolute atomic E-state index is 0.268. The van der Waals surface area contributed by atoms with E-state index < -0.39 is 5.56 Å². The van der Waals surface area contributed by atoms with Crippen molar-refractivity contribution in [3.63, 3.8) is 0 Å². The van der Waals surface area contributed by atoms with Gasteiger partial charge in [0, 0.05) is 27.4 Å². The van der Waals surface area contributed by atoms with E-state index in [0.29, 0.717) is 15.6 Å². The maximum Gasteiger partial charge on any atom is 0.292 e. The van der Waals surface area contributed by atoms with Crippen LogP contribution in [0.2, 0.25) is 10.0 Å². The Morgan fingerprint density at radius 1 is 0.957 bits per heavy atom. The molecule has 1 N–H and O–H groups in total. The van der Waals surface area contributed by atoms with Crippen molar-refractivity contribution < 1.29 is 5.11 Å². The molecule has 0 atom stereocenters. The molecule has 5 heteroatoms. The summed E-state index contributed by atoms with van der Waals surface area (Å²) in [6.45, 7) is 0.268. The van der Waals surface area contributed by atoms with Gasteiger partial charge in [-0.3, -0.25) is 4.79 Å². The number of halogens is 2. The van der Waals surface area contributed by atoms with Crippen LogP contribution in [0.4, 0.5) is 0 Å². The molecule has 0 amide bonds. The third-order valence-electron chi connectivity index (χ3n) is 3.55. The smallest absolute Gasteiger partial charge is 0.292 e. The molecular weight excluding hydrogens is 333 g/mol. The van der Waals surface area contributed by atoms with Gasteiger partial charge in [0.1, 0.15) is 0 Å². The van der Waals surface area contributed by atoms with E-state index >= 15 is 0 Å². The number of rotatable bonds is 3. The summed E-state index contributed by atoms with van der Waals surface area (Å²) in [4.78, 5) is 12.2. The van der Waals surface area contributed by atoms with E-state index in [1.165, 1.54) is 10.6 Å². The first-order valence-electron chi connectivity index (χ1n) is 6.98. The minimum atomic E-state index is -0.472. The Hall–Kier alpha value is -2.23. The highest BCUT2D eigenvalue weighted by Crippen LogP contribution is 2.28. The second kappa shape index (κ2) is 6.49. The molecule has 0 bridgehead atoms. The summed E-state index contributed by atoms with van der Waals surface area (Å²) in [5, 5.41) is 11.1. The lowest BCUT2D eigenvalue weighted by Crippen LogP contribution is -2.20. The van der Waals surface area contributed by atoms with Gasteiger partial charge in [-0.2, -0.15) is 0 Å². The maximum atomic E-state index is 12.2. The zero-order valence-electron chi connectivity index (χ0n) is 12.0. The molecule has 3 aromatic rings. The van der Waals surface area contributed by atoms with E-state index in [1.54, 1.807) is 18.3 Å². The minimum Gasteiger partial charge on any atom is -0.503 e. The van der Waals surface area contributed by atoms with E-state index in [4.69, 9.17) is 23.2 Å². The summed E-state index contributed by atoms with van der Waals surface area (Å²) in [6, 6.07) is 16.0. The first-order valence-corrected chi connectivity index (χ1v) is 7.73. The predicted molar refractivity (Wildman–Crippen MR) is 93.4 cm³/mol. The predicted octanol–water partition coefficient (Wildman–Crippen LogP) is 4.58. The third kappa shape index (κ3) is 3.26. The molecule has 0 unspecified atom stereocenters. The van der Waals surface area contributed by atoms with Crippen molar-refractivity contribution in [2.75, 3.05) is 0 Å². The monoisotopic (exact) mass is 345 g/mol. The van der Waals surface area contributed by atoms with Gasteiger partial charge in [0.25, 0.3) is 5.56 Å². The highest BCUT2D eigenvalue weighted by atomic mass is 35.5. The zero-order chi connectivity index (χ0) is 16.4. The topological polar surface area (TPSA) is 42.2 Å². The fraction of sp³-hybridized carbons (Fsp3) is 0.0556. The second-order valence-corrected chi connectivity index (χ2v) is 5.93. The number of pyridine rings is 1. The molecule has 0 saturated carbocycles. The van der Waals surface area contributed by atoms with E-state index in [0.717, 1.165) is 11.1 Å². The molecule has 2 aromatic carbocycles. The van der Waals surface area contributed by atoms with Crippen LogP contribution in [0.3, 0.4) is 0 Å². The summed E-state index contributed by atoms with van der Waals surface area (Å²) >= 11 is 12.3. The molecule has 23 heavy (non-hydrogen) atoms. The van der Waals surface area contributed by atoms with Gasteiger partial charge in [-0.1, -0.05) is 59.6 Å². The maximum absolute atomic E-state index is 12.2. The average Bonchev–Trinajstić information content (AvgIpc) is 2.54. The lowest BCUT2D eigenvalue weighted by molar-refractivity contribution is 0.459. The van der Waals surface area contributed by atoms with Crippen LogP contribution in [0.25, 0.3) is 11.1 Å². The van der Waals surface area contributed by atoms with Crippen molar-refractivity contribution in [2.45, 2.75) is 6.54 Å². The number of benzene rings is 2. The molecule has 3 rings (SSSR count). The summed E-state index contributed by atoms with van der Waals surface area (Å²) in [5.41, 5.74) is 1.74. The van der Waals surface area contributed by atoms with E-state index in [9.17, 15) is 9.90 Å². The zero-order valence-corrected chi connectivity index (χ0v) is 13.6. The molecule has 0 fully saturated rings. The summed E-state index contributed by atoms with van der Waals surface area (Å²) < 4.78 is 1.43. The second-order valence-electron chi connectivity index (χ2n) is 5.12. The number of hydrogen-bond acceptors (Lipinski definition) is 2. The van der Waals surface area contributed by atoms with Crippen LogP contribution in [0.1, 0.15) is 5.56 Å². The number of hydrogen-bond donors (Lipinski definition) is 1. The quantitative estimate of drug-likeness (QED) is 0.755. The average molecular weight is 346 g/mol. The Morgan fingerprint density at radius 2 is 1.61 bits per heavy atom. The van der Waals surface area contributed by atoms with Crippen LogP contribution in [0.5, 0.6) is 5.75 Å². The largest absolute Gasteiger partial charge is 0.503 e. The van der Waals surface area contributed by atoms with Gasteiger partial charge in [0.05, 0.1) is 6.54 Å². The Bertz CT molecular complexity index is 919. The van der Waals surface area contributed by atoms with Crippen molar-refractivity contribution in [3.05, 3.63) is 86.8 Å². The molecule has 116 valence electrons. The summed E-state index contributed by atoms with van der Waals surface area (Å²) in [5.74, 6) is -0.325. The van der Waals surface area contributed by atoms with Crippen LogP contribution in [-0.4, -0.2) is 9.67 Å². The van der Waals surface area contributed by atoms with Crippen molar-refractivity contribution in [3.8, 4) is 16.9 Å². The van der Waals surface area contributed by atoms with Gasteiger partial charge in [-0.05, 0) is 23.8 Å². The standard InChI is InChI=1S/C18H13Cl2NO2/c19-15-7-3-1-5-12(15)10-21-11-13(9-17(22)18(21)23)14-6-2-4-8-16(14)20/h1-9,11,22H,10H2. The molecule has 1 aromatic heterocycles. The van der Waals surface area contributed by atoms with Gasteiger partial charge in [-0.25, -0.2) is 0 Å². The number of aromatic nitrogens is 1. The molecule has 0 saturated heterocycles. The van der Waals surface area contributed by atoms with E-state index in [1.807, 2.05) is 36.4 Å². The molecular formula is C18H13Cl2NO2. The Balaban J connectivity index is 2.10. The number of nitrogens with zero attached hydrogens (tertiary/aromatic N) is 1. The highest BCUT2D eigenvalue weighted by molar-refractivity contribution is 6.33. The number of aromatic hydroxyl groups is 1. The van der Waals surface area contributed by atoms with Crippen LogP contribution in [-0.2, 0) is 6.54 Å². The molecule has 0 spiro atoms. The Morgan fingerprint density at radius 3 is 2.30 bits per heavy atom. The lowest BCUT2D eigenvalue weighted by Gasteiger charge is -2.11. The van der Waals surface area contributed by atoms with Gasteiger partial charge in [0.15, 0.2) is 5.75 Å². The van der Waals surface area contributed by atoms with Crippen LogP contribution in [0, 0.1) is 0 Å². The Labute approximate surface area is 143 Å². The molecule has 0 aliphatic rings. The first-order chi connectivity index (χ1) is 11.1. The fourth-order valence-corrected chi connectivity index (χ4v) is 2.83. The third-order valence-corrected chi connectivity index (χ3v) is 4.25. The first kappa shape index (κ1) is 15.7. The van der Waals surface area contributed by atoms with Gasteiger partial charge < -0.3 is 9.67 Å². The van der Waals surface area contributed by atoms with Crippen molar-refractivity contribution in [1.82, 2.24) is 4.57 Å². The Kier molecular flexibility index (Phi) is 4.42. The van der Waals surface area contributed by atoms with Gasteiger partial charge in [-0.15, -0.1) is 0 Å². The van der Waals surface area contributed by atoms with Crippen LogP contribution in [0.15, 0.2) is 65.6 Å². The van der Waals surface area contributed by atoms with Crippen LogP contribution < -0.4 is 5.56 Å². The normalized spacial score (nSPS) is 10.7. The summed E-state index contributed by atoms with van der Waals surface area (Å²) in [6.07, 6.45) is 1.67. The van der Waals surface area contributed by atoms with E-state index in [-0.39, 0.29) is 12.3 Å². The summed E-state index contributed by atoms with van der Waals surface area (Å²) in [7, 11) is 0. The molecule has 1 heterocycles. The lowest BCUT2D eigenvalue weighted by atomic mass is 10.1. The molecule has 0 radical (unpaired) electrons. The van der Waals surface area contributed by atoms with Gasteiger partial charge >= 0.3 is 0 Å². The van der Waals surface area contributed by atoms with E-state index in [2.05, 4.69) is 0 Å². The van der Waals surface area contributed by atoms with Crippen molar-refractivity contribution in [2.24, 2.45) is 0 Å². The van der Waals surface area contributed by atoms with Gasteiger partial charge in [0.2, 0.25) is 0 Å². The molecule has 3 nitrogen and oxygen atoms in total.